The molecule has 0 unspecified atom stereocenters. The Balaban J connectivity index is 1.20. The minimum absolute atomic E-state index is 0.00995. The van der Waals surface area contributed by atoms with E-state index in [1.165, 1.54) is 0 Å². The van der Waals surface area contributed by atoms with Gasteiger partial charge in [0.15, 0.2) is 34.9 Å². The normalized spacial score (nSPS) is 13.4. The van der Waals surface area contributed by atoms with Gasteiger partial charge in [0.1, 0.15) is 0 Å². The van der Waals surface area contributed by atoms with E-state index < -0.39 is 173 Å². The SMILES string of the molecule is CC(C)(C)c1ccc(N(c2ccc(-n3c4ccc(C(C)(C)C)cc4c4cc(C(C)(C)C)cc(-c5ccc(-c6nc(-c7cc(C(F)(F)F)cc(C(F)(F)F)c7)nc(-c7cc(C(F)(F)F)cc(C(F)(F)F)c7)n6)cc5-c5nc(-c6cc(C(F)(F)F)cc(C(F)(F)F)c6)nc(-c6cc(C(F)(F)F)cc(C(F)(F)F)c6)n5)c43)cc2)c2ccc(C(C)(C)C)cc2)cc1. The first-order valence-electron chi connectivity index (χ1n) is 37.1. The van der Waals surface area contributed by atoms with Gasteiger partial charge >= 0.3 is 49.4 Å². The molecule has 13 rings (SSSR count). The molecule has 0 bridgehead atoms. The van der Waals surface area contributed by atoms with Gasteiger partial charge in [-0.2, -0.15) is 105 Å². The molecule has 3 aromatic heterocycles. The highest BCUT2D eigenvalue weighted by Gasteiger charge is 2.43. The van der Waals surface area contributed by atoms with E-state index in [4.69, 9.17) is 0 Å². The second kappa shape index (κ2) is 30.0. The van der Waals surface area contributed by atoms with Crippen molar-refractivity contribution in [2.24, 2.45) is 0 Å². The van der Waals surface area contributed by atoms with Crippen LogP contribution in [-0.4, -0.2) is 34.5 Å². The summed E-state index contributed by atoms with van der Waals surface area (Å²) in [5, 5.41) is 0.930. The minimum atomic E-state index is -5.68. The Kier molecular flexibility index (Phi) is 21.7. The van der Waals surface area contributed by atoms with Crippen molar-refractivity contribution in [1.29, 1.82) is 0 Å². The van der Waals surface area contributed by atoms with Gasteiger partial charge in [-0.25, -0.2) is 29.9 Å². The summed E-state index contributed by atoms with van der Waals surface area (Å²) in [5.41, 5.74) is -19.0. The van der Waals surface area contributed by atoms with Crippen molar-refractivity contribution in [2.45, 2.75) is 154 Å². The first-order chi connectivity index (χ1) is 56.0. The van der Waals surface area contributed by atoms with Crippen molar-refractivity contribution in [2.75, 3.05) is 4.90 Å². The summed E-state index contributed by atoms with van der Waals surface area (Å²) >= 11 is 0. The Morgan fingerprint density at radius 3 is 0.779 bits per heavy atom. The van der Waals surface area contributed by atoms with E-state index in [0.717, 1.165) is 46.3 Å². The van der Waals surface area contributed by atoms with Gasteiger partial charge in [-0.05, 0) is 201 Å². The average molecular weight is 1720 g/mol. The lowest BCUT2D eigenvalue weighted by atomic mass is 9.82. The molecule has 13 aromatic rings. The molecule has 0 amide bonds. The third-order valence-electron chi connectivity index (χ3n) is 20.4. The van der Waals surface area contributed by atoms with Crippen LogP contribution in [0, 0.1) is 0 Å². The highest BCUT2D eigenvalue weighted by Crippen LogP contribution is 2.51. The number of hydrogen-bond donors (Lipinski definition) is 0. The summed E-state index contributed by atoms with van der Waals surface area (Å²) in [5.74, 6) is -7.54. The van der Waals surface area contributed by atoms with Crippen LogP contribution in [-0.2, 0) is 71.1 Å². The fraction of sp³-hybridized carbons (Fsp3) is 0.267. The molecular weight excluding hydrogens is 1650 g/mol. The van der Waals surface area contributed by atoms with Crippen molar-refractivity contribution in [3.05, 3.63) is 261 Å². The van der Waals surface area contributed by atoms with Crippen LogP contribution in [0.2, 0.25) is 0 Å². The maximum Gasteiger partial charge on any atom is 0.416 e. The van der Waals surface area contributed by atoms with Crippen LogP contribution in [0.3, 0.4) is 0 Å². The third-order valence-corrected chi connectivity index (χ3v) is 20.4. The Morgan fingerprint density at radius 2 is 0.484 bits per heavy atom. The number of alkyl halides is 24. The third kappa shape index (κ3) is 18.3. The molecule has 0 N–H and O–H groups in total. The summed E-state index contributed by atoms with van der Waals surface area (Å²) in [7, 11) is 0. The van der Waals surface area contributed by atoms with E-state index >= 15 is 52.7 Å². The molecule has 0 saturated carbocycles. The molecule has 0 aliphatic carbocycles. The van der Waals surface area contributed by atoms with E-state index in [-0.39, 0.29) is 100 Å². The second-order valence-corrected chi connectivity index (χ2v) is 33.5. The maximum absolute atomic E-state index is 15.0. The van der Waals surface area contributed by atoms with Gasteiger partial charge in [-0.1, -0.05) is 126 Å². The van der Waals surface area contributed by atoms with Gasteiger partial charge in [0.05, 0.1) is 55.5 Å². The van der Waals surface area contributed by atoms with Gasteiger partial charge in [0.2, 0.25) is 0 Å². The predicted octanol–water partition coefficient (Wildman–Crippen LogP) is 29.6. The van der Waals surface area contributed by atoms with Crippen molar-refractivity contribution in [1.82, 2.24) is 34.5 Å². The number of fused-ring (bicyclic) bond motifs is 3. The molecule has 0 spiro atoms. The van der Waals surface area contributed by atoms with Crippen LogP contribution in [0.4, 0.5) is 122 Å². The molecule has 0 aliphatic rings. The zero-order valence-electron chi connectivity index (χ0n) is 66.1. The standard InChI is InChI=1S/C90H68F24N8/c1-79(2,3)50-14-19-62(20-15-50)121(63-21-16-51(17-22-63)80(4,5)6)64-23-25-65(26-24-64)122-71-28-18-52(81(7,8)9)42-67(71)69-44-53(82(10,11)12)43-68(72(69)122)66-27-13-45(73-115-74(46-29-54(83(91,92)93)38-55(30-46)84(94,95)96)117-75(116-73)47-31-56(85(97,98)99)39-57(32-47)86(100,101)102)37-70(66)78-119-76(48-33-58(87(103,104)105)40-59(34-48)88(106,107)108)118-77(120-78)49-35-60(89(109,110)111)41-61(36-49)90(112,113)114/h13-44H,1-12H3. The van der Waals surface area contributed by atoms with Gasteiger partial charge in [0, 0.05) is 72.5 Å². The lowest BCUT2D eigenvalue weighted by molar-refractivity contribution is -0.144. The number of aromatic nitrogens is 7. The van der Waals surface area contributed by atoms with Crippen LogP contribution in [0.1, 0.15) is 150 Å². The predicted molar refractivity (Wildman–Crippen MR) is 415 cm³/mol. The Bertz CT molecular complexity index is 5840. The number of hydrogen-bond acceptors (Lipinski definition) is 7. The molecule has 0 saturated heterocycles. The first kappa shape index (κ1) is 87.9. The van der Waals surface area contributed by atoms with Gasteiger partial charge in [-0.15, -0.1) is 0 Å². The van der Waals surface area contributed by atoms with Crippen LogP contribution in [0.25, 0.3) is 107 Å². The summed E-state index contributed by atoms with van der Waals surface area (Å²) in [6, 6.07) is 34.0. The molecular formula is C90H68F24N8. The second-order valence-electron chi connectivity index (χ2n) is 33.5. The van der Waals surface area contributed by atoms with Crippen LogP contribution >= 0.6 is 0 Å². The fourth-order valence-electron chi connectivity index (χ4n) is 13.9. The van der Waals surface area contributed by atoms with E-state index in [2.05, 4.69) is 71.4 Å². The van der Waals surface area contributed by atoms with Crippen molar-refractivity contribution < 1.29 is 105 Å². The number of anilines is 3. The topological polar surface area (TPSA) is 85.5 Å². The molecule has 0 radical (unpaired) electrons. The molecule has 0 atom stereocenters. The van der Waals surface area contributed by atoms with Crippen molar-refractivity contribution in [3.8, 4) is 85.1 Å². The molecule has 122 heavy (non-hydrogen) atoms. The Hall–Kier alpha value is -11.9. The van der Waals surface area contributed by atoms with Gasteiger partial charge < -0.3 is 9.47 Å². The lowest BCUT2D eigenvalue weighted by Gasteiger charge is -2.28. The summed E-state index contributed by atoms with van der Waals surface area (Å²) in [6.45, 7) is 23.4. The number of nitrogens with zero attached hydrogens (tertiary/aromatic N) is 8. The smallest absolute Gasteiger partial charge is 0.311 e. The Morgan fingerprint density at radius 1 is 0.213 bits per heavy atom. The zero-order chi connectivity index (χ0) is 89.7. The zero-order valence-corrected chi connectivity index (χ0v) is 66.1. The number of benzene rings is 10. The summed E-state index contributed by atoms with van der Waals surface area (Å²) in [4.78, 5) is 27.1. The highest BCUT2D eigenvalue weighted by atomic mass is 19.4. The van der Waals surface area contributed by atoms with Crippen molar-refractivity contribution >= 4 is 38.9 Å². The van der Waals surface area contributed by atoms with Crippen LogP contribution < -0.4 is 4.90 Å². The van der Waals surface area contributed by atoms with Gasteiger partial charge in [-0.3, -0.25) is 0 Å². The first-order valence-corrected chi connectivity index (χ1v) is 37.1. The molecule has 32 heteroatoms. The quantitative estimate of drug-likeness (QED) is 0.119. The monoisotopic (exact) mass is 1720 g/mol. The Labute approximate surface area is 681 Å². The van der Waals surface area contributed by atoms with E-state index in [1.54, 1.807) is 49.6 Å². The van der Waals surface area contributed by atoms with E-state index in [9.17, 15) is 52.7 Å². The molecule has 3 heterocycles. The largest absolute Gasteiger partial charge is 0.416 e. The van der Waals surface area contributed by atoms with E-state index in [1.807, 2.05) is 105 Å². The van der Waals surface area contributed by atoms with Gasteiger partial charge in [0.25, 0.3) is 0 Å². The molecule has 10 aromatic carbocycles. The van der Waals surface area contributed by atoms with Crippen molar-refractivity contribution in [3.63, 3.8) is 0 Å². The minimum Gasteiger partial charge on any atom is -0.311 e. The fourth-order valence-corrected chi connectivity index (χ4v) is 13.9. The summed E-state index contributed by atoms with van der Waals surface area (Å²) < 4.78 is 360. The maximum atomic E-state index is 15.0. The highest BCUT2D eigenvalue weighted by molar-refractivity contribution is 6.15. The summed E-state index contributed by atoms with van der Waals surface area (Å²) in [6.07, 6.45) is -45.4. The van der Waals surface area contributed by atoms with E-state index in [0.29, 0.717) is 33.2 Å². The van der Waals surface area contributed by atoms with Crippen LogP contribution in [0.15, 0.2) is 194 Å². The number of halogens is 24. The molecule has 0 fully saturated rings. The lowest BCUT2D eigenvalue weighted by Crippen LogP contribution is -2.14. The molecule has 636 valence electrons. The van der Waals surface area contributed by atoms with Crippen LogP contribution in [0.5, 0.6) is 0 Å². The molecule has 0 aliphatic heterocycles. The molecule has 8 nitrogen and oxygen atoms in total. The average Bonchev–Trinajstić information content (AvgIpc) is 1.57. The number of rotatable bonds is 11.